The molecule has 0 amide bonds. The first-order valence-corrected chi connectivity index (χ1v) is 12.6. The average molecular weight is 471 g/mol. The maximum Gasteiger partial charge on any atom is 0.303 e. The Bertz CT molecular complexity index is 1370. The Labute approximate surface area is 189 Å². The molecular weight excluding hydrogens is 448 g/mol. The van der Waals surface area contributed by atoms with Gasteiger partial charge in [0.15, 0.2) is 0 Å². The molecule has 166 valence electrons. The molecule has 0 spiro atoms. The lowest BCUT2D eigenvalue weighted by Gasteiger charge is -2.14. The van der Waals surface area contributed by atoms with E-state index in [0.717, 1.165) is 39.7 Å². The van der Waals surface area contributed by atoms with Gasteiger partial charge in [-0.05, 0) is 55.8 Å². The number of carboxylic acids is 1. The molecule has 3 heterocycles. The summed E-state index contributed by atoms with van der Waals surface area (Å²) in [7, 11) is -3.37. The Morgan fingerprint density at radius 2 is 1.91 bits per heavy atom. The molecule has 10 heteroatoms. The first-order valence-electron chi connectivity index (χ1n) is 9.81. The van der Waals surface area contributed by atoms with Crippen molar-refractivity contribution < 1.29 is 18.3 Å². The molecule has 1 aromatic carbocycles. The molecule has 0 aliphatic heterocycles. The maximum absolute atomic E-state index is 11.5. The topological polar surface area (TPSA) is 106 Å². The zero-order valence-corrected chi connectivity index (χ0v) is 19.2. The van der Waals surface area contributed by atoms with Crippen molar-refractivity contribution in [3.05, 3.63) is 71.8 Å². The standard InChI is InChI=1S/C22H22N4O4S2/c1-15-23-11-12-25(15)19-13-21(31-14-19)20-9-7-18(8-10-22(27)28)26(20)17-5-3-16(4-6-17)24-32(2,29)30/h3-7,9,11-14,24H,8,10H2,1-2H3,(H,27,28). The van der Waals surface area contributed by atoms with Crippen LogP contribution in [0.4, 0.5) is 5.69 Å². The Morgan fingerprint density at radius 1 is 1.16 bits per heavy atom. The highest BCUT2D eigenvalue weighted by molar-refractivity contribution is 7.92. The van der Waals surface area contributed by atoms with Gasteiger partial charge >= 0.3 is 5.97 Å². The van der Waals surface area contributed by atoms with E-state index in [1.807, 2.05) is 46.5 Å². The molecule has 0 bridgehead atoms. The van der Waals surface area contributed by atoms with E-state index in [9.17, 15) is 13.2 Å². The summed E-state index contributed by atoms with van der Waals surface area (Å²) in [6.45, 7) is 1.94. The van der Waals surface area contributed by atoms with Gasteiger partial charge in [-0.25, -0.2) is 13.4 Å². The van der Waals surface area contributed by atoms with Gasteiger partial charge in [-0.15, -0.1) is 11.3 Å². The number of anilines is 1. The van der Waals surface area contributed by atoms with E-state index in [1.54, 1.807) is 29.7 Å². The summed E-state index contributed by atoms with van der Waals surface area (Å²) in [6.07, 6.45) is 5.15. The number of thiophene rings is 1. The minimum absolute atomic E-state index is 0.0150. The molecule has 0 aliphatic rings. The summed E-state index contributed by atoms with van der Waals surface area (Å²) in [4.78, 5) is 16.5. The molecule has 2 N–H and O–H groups in total. The van der Waals surface area contributed by atoms with Crippen LogP contribution in [0, 0.1) is 6.92 Å². The highest BCUT2D eigenvalue weighted by Crippen LogP contribution is 2.34. The van der Waals surface area contributed by atoms with Gasteiger partial charge in [-0.3, -0.25) is 9.52 Å². The smallest absolute Gasteiger partial charge is 0.303 e. The summed E-state index contributed by atoms with van der Waals surface area (Å²) < 4.78 is 29.5. The molecule has 0 saturated heterocycles. The van der Waals surface area contributed by atoms with Gasteiger partial charge in [0.2, 0.25) is 10.0 Å². The molecule has 0 aliphatic carbocycles. The molecule has 0 fully saturated rings. The predicted molar refractivity (Wildman–Crippen MR) is 125 cm³/mol. The van der Waals surface area contributed by atoms with E-state index in [4.69, 9.17) is 5.11 Å². The van der Waals surface area contributed by atoms with E-state index in [2.05, 4.69) is 21.2 Å². The van der Waals surface area contributed by atoms with Crippen molar-refractivity contribution in [1.29, 1.82) is 0 Å². The second-order valence-corrected chi connectivity index (χ2v) is 10.0. The molecule has 0 unspecified atom stereocenters. The number of aliphatic carboxylic acids is 1. The number of imidazole rings is 1. The van der Waals surface area contributed by atoms with Crippen LogP contribution in [0.1, 0.15) is 17.9 Å². The van der Waals surface area contributed by atoms with E-state index in [-0.39, 0.29) is 6.42 Å². The number of nitrogens with zero attached hydrogens (tertiary/aromatic N) is 3. The van der Waals surface area contributed by atoms with Gasteiger partial charge < -0.3 is 14.2 Å². The van der Waals surface area contributed by atoms with Gasteiger partial charge in [0.05, 0.1) is 28.9 Å². The zero-order valence-electron chi connectivity index (χ0n) is 17.5. The predicted octanol–water partition coefficient (Wildman–Crippen LogP) is 4.09. The summed E-state index contributed by atoms with van der Waals surface area (Å²) in [6, 6.07) is 13.0. The van der Waals surface area contributed by atoms with Crippen LogP contribution in [0.2, 0.25) is 0 Å². The number of rotatable bonds is 8. The van der Waals surface area contributed by atoms with Crippen LogP contribution >= 0.6 is 11.3 Å². The summed E-state index contributed by atoms with van der Waals surface area (Å²) in [5.74, 6) is 0.0295. The minimum atomic E-state index is -3.37. The lowest BCUT2D eigenvalue weighted by Crippen LogP contribution is -2.09. The Morgan fingerprint density at radius 3 is 2.53 bits per heavy atom. The number of aryl methyl sites for hydroxylation is 2. The van der Waals surface area contributed by atoms with E-state index < -0.39 is 16.0 Å². The third-order valence-corrected chi connectivity index (χ3v) is 6.47. The number of hydrogen-bond acceptors (Lipinski definition) is 5. The lowest BCUT2D eigenvalue weighted by atomic mass is 10.2. The van der Waals surface area contributed by atoms with Crippen molar-refractivity contribution in [2.45, 2.75) is 19.8 Å². The van der Waals surface area contributed by atoms with Gasteiger partial charge in [-0.1, -0.05) is 0 Å². The van der Waals surface area contributed by atoms with Gasteiger partial charge in [0, 0.05) is 34.8 Å². The average Bonchev–Trinajstić information content (AvgIpc) is 3.44. The molecule has 0 saturated carbocycles. The van der Waals surface area contributed by atoms with Crippen molar-refractivity contribution in [1.82, 2.24) is 14.1 Å². The van der Waals surface area contributed by atoms with Crippen molar-refractivity contribution in [3.63, 3.8) is 0 Å². The fourth-order valence-corrected chi connectivity index (χ4v) is 5.00. The van der Waals surface area contributed by atoms with Crippen LogP contribution in [0.5, 0.6) is 0 Å². The monoisotopic (exact) mass is 470 g/mol. The SMILES string of the molecule is Cc1nccn1-c1csc(-c2ccc(CCC(=O)O)n2-c2ccc(NS(C)(=O)=O)cc2)c1. The fourth-order valence-electron chi connectivity index (χ4n) is 3.54. The highest BCUT2D eigenvalue weighted by Gasteiger charge is 2.16. The summed E-state index contributed by atoms with van der Waals surface area (Å²) in [5.41, 5.74) is 4.08. The quantitative estimate of drug-likeness (QED) is 0.403. The maximum atomic E-state index is 11.5. The van der Waals surface area contributed by atoms with Crippen LogP contribution in [0.25, 0.3) is 21.9 Å². The largest absolute Gasteiger partial charge is 0.481 e. The number of hydrogen-bond donors (Lipinski definition) is 2. The number of sulfonamides is 1. The molecule has 0 radical (unpaired) electrons. The van der Waals surface area contributed by atoms with Crippen molar-refractivity contribution in [2.24, 2.45) is 0 Å². The second kappa shape index (κ2) is 8.64. The molecule has 3 aromatic heterocycles. The first kappa shape index (κ1) is 21.8. The molecular formula is C22H22N4O4S2. The highest BCUT2D eigenvalue weighted by atomic mass is 32.2. The van der Waals surface area contributed by atoms with Crippen molar-refractivity contribution >= 4 is 33.0 Å². The number of aromatic nitrogens is 3. The summed E-state index contributed by atoms with van der Waals surface area (Å²) >= 11 is 1.59. The van der Waals surface area contributed by atoms with Crippen LogP contribution in [-0.2, 0) is 21.2 Å². The molecule has 4 aromatic rings. The first-order chi connectivity index (χ1) is 15.2. The van der Waals surface area contributed by atoms with Gasteiger partial charge in [0.25, 0.3) is 0 Å². The van der Waals surface area contributed by atoms with Crippen LogP contribution in [0.3, 0.4) is 0 Å². The van der Waals surface area contributed by atoms with Crippen molar-refractivity contribution in [3.8, 4) is 21.9 Å². The zero-order chi connectivity index (χ0) is 22.9. The third kappa shape index (κ3) is 4.76. The van der Waals surface area contributed by atoms with E-state index in [1.165, 1.54) is 0 Å². The number of carboxylic acid groups (broad SMARTS) is 1. The Kier molecular flexibility index (Phi) is 5.90. The number of benzene rings is 1. The van der Waals surface area contributed by atoms with Gasteiger partial charge in [0.1, 0.15) is 5.82 Å². The third-order valence-electron chi connectivity index (χ3n) is 4.93. The summed E-state index contributed by atoms with van der Waals surface area (Å²) in [5, 5.41) is 11.2. The minimum Gasteiger partial charge on any atom is -0.481 e. The van der Waals surface area contributed by atoms with Crippen molar-refractivity contribution in [2.75, 3.05) is 11.0 Å². The fraction of sp³-hybridized carbons (Fsp3) is 0.182. The Hall–Kier alpha value is -3.37. The number of nitrogens with one attached hydrogen (secondary N) is 1. The van der Waals surface area contributed by atoms with E-state index >= 15 is 0 Å². The lowest BCUT2D eigenvalue weighted by molar-refractivity contribution is -0.136. The second-order valence-electron chi connectivity index (χ2n) is 7.37. The van der Waals surface area contributed by atoms with Crippen LogP contribution in [0.15, 0.2) is 60.2 Å². The molecule has 8 nitrogen and oxygen atoms in total. The van der Waals surface area contributed by atoms with Crippen LogP contribution in [-0.4, -0.2) is 39.9 Å². The molecule has 32 heavy (non-hydrogen) atoms. The van der Waals surface area contributed by atoms with Crippen LogP contribution < -0.4 is 4.72 Å². The normalized spacial score (nSPS) is 11.6. The molecule has 0 atom stereocenters. The van der Waals surface area contributed by atoms with Gasteiger partial charge in [-0.2, -0.15) is 0 Å². The van der Waals surface area contributed by atoms with E-state index in [0.29, 0.717) is 12.1 Å². The number of carbonyl (C=O) groups is 1. The Balaban J connectivity index is 1.75. The molecule has 4 rings (SSSR count).